The van der Waals surface area contributed by atoms with Gasteiger partial charge in [0.15, 0.2) is 0 Å². The van der Waals surface area contributed by atoms with E-state index >= 15 is 0 Å². The summed E-state index contributed by atoms with van der Waals surface area (Å²) in [4.78, 5) is 0. The Morgan fingerprint density at radius 2 is 2.16 bits per heavy atom. The molecule has 3 heteroatoms. The molecule has 1 aromatic carbocycles. The molecular weight excluding hydrogens is 238 g/mol. The van der Waals surface area contributed by atoms with Gasteiger partial charge in [-0.05, 0) is 29.9 Å². The zero-order chi connectivity index (χ0) is 13.7. The zero-order valence-electron chi connectivity index (χ0n) is 11.9. The fourth-order valence-electron chi connectivity index (χ4n) is 2.65. The summed E-state index contributed by atoms with van der Waals surface area (Å²) in [5.41, 5.74) is 2.68. The first-order valence-electron chi connectivity index (χ1n) is 7.25. The van der Waals surface area contributed by atoms with E-state index < -0.39 is 0 Å². The third kappa shape index (κ3) is 4.30. The number of nitrogens with one attached hydrogen (secondary N) is 1. The molecular formula is C16H25NO2. The molecule has 1 heterocycles. The lowest BCUT2D eigenvalue weighted by Gasteiger charge is -2.26. The minimum absolute atomic E-state index is 0.121. The summed E-state index contributed by atoms with van der Waals surface area (Å²) >= 11 is 0. The summed E-state index contributed by atoms with van der Waals surface area (Å²) in [6, 6.07) is 8.47. The molecule has 2 rings (SSSR count). The molecule has 2 unspecified atom stereocenters. The molecule has 0 bridgehead atoms. The van der Waals surface area contributed by atoms with E-state index in [-0.39, 0.29) is 12.2 Å². The highest BCUT2D eigenvalue weighted by atomic mass is 16.5. The van der Waals surface area contributed by atoms with Crippen molar-refractivity contribution in [3.05, 3.63) is 35.4 Å². The number of ether oxygens (including phenoxy) is 1. The van der Waals surface area contributed by atoms with Crippen molar-refractivity contribution in [3.8, 4) is 0 Å². The van der Waals surface area contributed by atoms with Crippen LogP contribution in [0.5, 0.6) is 0 Å². The van der Waals surface area contributed by atoms with Crippen LogP contribution in [-0.2, 0) is 11.2 Å². The van der Waals surface area contributed by atoms with Crippen LogP contribution in [0.1, 0.15) is 37.5 Å². The van der Waals surface area contributed by atoms with Gasteiger partial charge in [-0.3, -0.25) is 0 Å². The second-order valence-corrected chi connectivity index (χ2v) is 5.75. The minimum atomic E-state index is -0.265. The molecule has 0 saturated heterocycles. The summed E-state index contributed by atoms with van der Waals surface area (Å²) in [7, 11) is 0. The molecule has 0 aliphatic carbocycles. The summed E-state index contributed by atoms with van der Waals surface area (Å²) < 4.78 is 5.82. The number of rotatable bonds is 6. The maximum atomic E-state index is 9.84. The van der Waals surface area contributed by atoms with Gasteiger partial charge in [-0.2, -0.15) is 0 Å². The van der Waals surface area contributed by atoms with Gasteiger partial charge in [0.25, 0.3) is 0 Å². The maximum Gasteiger partial charge on any atom is 0.0952 e. The second-order valence-electron chi connectivity index (χ2n) is 5.75. The smallest absolute Gasteiger partial charge is 0.0952 e. The third-order valence-corrected chi connectivity index (χ3v) is 3.55. The number of benzene rings is 1. The van der Waals surface area contributed by atoms with E-state index in [1.807, 2.05) is 0 Å². The Labute approximate surface area is 116 Å². The molecule has 2 N–H and O–H groups in total. The van der Waals surface area contributed by atoms with Crippen molar-refractivity contribution in [2.24, 2.45) is 5.92 Å². The fraction of sp³-hybridized carbons (Fsp3) is 0.625. The first-order valence-corrected chi connectivity index (χ1v) is 7.25. The van der Waals surface area contributed by atoms with Crippen molar-refractivity contribution < 1.29 is 9.84 Å². The van der Waals surface area contributed by atoms with Crippen LogP contribution >= 0.6 is 0 Å². The van der Waals surface area contributed by atoms with Crippen LogP contribution < -0.4 is 5.32 Å². The van der Waals surface area contributed by atoms with Crippen LogP contribution in [0, 0.1) is 5.92 Å². The van der Waals surface area contributed by atoms with Gasteiger partial charge < -0.3 is 15.2 Å². The summed E-state index contributed by atoms with van der Waals surface area (Å²) in [6.07, 6.45) is 1.70. The lowest BCUT2D eigenvalue weighted by Crippen LogP contribution is -2.33. The first kappa shape index (κ1) is 14.5. The van der Waals surface area contributed by atoms with E-state index in [1.165, 1.54) is 11.1 Å². The first-order chi connectivity index (χ1) is 9.16. The number of hydrogen-bond donors (Lipinski definition) is 2. The Hall–Kier alpha value is -0.900. The van der Waals surface area contributed by atoms with Crippen molar-refractivity contribution >= 4 is 0 Å². The normalized spacial score (nSPS) is 20.3. The Morgan fingerprint density at radius 3 is 2.95 bits per heavy atom. The number of aliphatic hydroxyl groups excluding tert-OH is 1. The second kappa shape index (κ2) is 7.04. The van der Waals surface area contributed by atoms with Crippen molar-refractivity contribution in [1.29, 1.82) is 0 Å². The minimum Gasteiger partial charge on any atom is -0.392 e. The van der Waals surface area contributed by atoms with Gasteiger partial charge >= 0.3 is 0 Å². The van der Waals surface area contributed by atoms with Gasteiger partial charge in [0, 0.05) is 13.1 Å². The number of aliphatic hydroxyl groups is 1. The maximum absolute atomic E-state index is 9.84. The van der Waals surface area contributed by atoms with Crippen LogP contribution in [0.2, 0.25) is 0 Å². The molecule has 0 aromatic heterocycles. The van der Waals surface area contributed by atoms with Gasteiger partial charge in [0.1, 0.15) is 0 Å². The van der Waals surface area contributed by atoms with Crippen molar-refractivity contribution in [3.63, 3.8) is 0 Å². The highest BCUT2D eigenvalue weighted by Gasteiger charge is 2.20. The Morgan fingerprint density at radius 1 is 1.37 bits per heavy atom. The quantitative estimate of drug-likeness (QED) is 0.827. The molecule has 3 nitrogen and oxygen atoms in total. The van der Waals surface area contributed by atoms with E-state index in [1.54, 1.807) is 0 Å². The third-order valence-electron chi connectivity index (χ3n) is 3.55. The molecule has 1 aliphatic rings. The predicted molar refractivity (Wildman–Crippen MR) is 77.2 cm³/mol. The highest BCUT2D eigenvalue weighted by Crippen LogP contribution is 2.26. The Bertz CT molecular complexity index is 392. The molecule has 1 aromatic rings. The predicted octanol–water partition coefficient (Wildman–Crippen LogP) is 2.30. The van der Waals surface area contributed by atoms with Crippen molar-refractivity contribution in [2.75, 3.05) is 19.7 Å². The number of hydrogen-bond acceptors (Lipinski definition) is 3. The van der Waals surface area contributed by atoms with Gasteiger partial charge in [0.05, 0.1) is 18.8 Å². The van der Waals surface area contributed by atoms with Crippen LogP contribution in [-0.4, -0.2) is 30.9 Å². The monoisotopic (exact) mass is 263 g/mol. The molecule has 0 fully saturated rings. The Balaban J connectivity index is 1.81. The summed E-state index contributed by atoms with van der Waals surface area (Å²) in [5, 5.41) is 13.2. The van der Waals surface area contributed by atoms with Crippen LogP contribution in [0.15, 0.2) is 24.3 Å². The van der Waals surface area contributed by atoms with Crippen LogP contribution in [0.4, 0.5) is 0 Å². The summed E-state index contributed by atoms with van der Waals surface area (Å²) in [5.74, 6) is 0.531. The lowest BCUT2D eigenvalue weighted by atomic mass is 9.97. The van der Waals surface area contributed by atoms with Crippen LogP contribution in [0.3, 0.4) is 0 Å². The standard InChI is InChI=1S/C16H25NO2/c1-12(2)9-14(18)10-17-11-16-15-6-4-3-5-13(15)7-8-19-16/h3-6,12,14,16-18H,7-11H2,1-2H3. The molecule has 106 valence electrons. The zero-order valence-corrected chi connectivity index (χ0v) is 11.9. The summed E-state index contributed by atoms with van der Waals surface area (Å²) in [6.45, 7) is 6.46. The molecule has 1 aliphatic heterocycles. The topological polar surface area (TPSA) is 41.5 Å². The molecule has 0 radical (unpaired) electrons. The largest absolute Gasteiger partial charge is 0.392 e. The van der Waals surface area contributed by atoms with E-state index in [0.29, 0.717) is 12.5 Å². The van der Waals surface area contributed by atoms with Gasteiger partial charge in [-0.25, -0.2) is 0 Å². The average Bonchev–Trinajstić information content (AvgIpc) is 2.38. The molecule has 2 atom stereocenters. The van der Waals surface area contributed by atoms with E-state index in [0.717, 1.165) is 26.0 Å². The van der Waals surface area contributed by atoms with Crippen molar-refractivity contribution in [2.45, 2.75) is 38.9 Å². The molecule has 19 heavy (non-hydrogen) atoms. The van der Waals surface area contributed by atoms with E-state index in [2.05, 4.69) is 43.4 Å². The van der Waals surface area contributed by atoms with Gasteiger partial charge in [-0.1, -0.05) is 38.1 Å². The SMILES string of the molecule is CC(C)CC(O)CNCC1OCCc2ccccc21. The van der Waals surface area contributed by atoms with Gasteiger partial charge in [0.2, 0.25) is 0 Å². The van der Waals surface area contributed by atoms with Gasteiger partial charge in [-0.15, -0.1) is 0 Å². The number of fused-ring (bicyclic) bond motifs is 1. The van der Waals surface area contributed by atoms with E-state index in [4.69, 9.17) is 4.74 Å². The highest BCUT2D eigenvalue weighted by molar-refractivity contribution is 5.31. The fourth-order valence-corrected chi connectivity index (χ4v) is 2.65. The lowest BCUT2D eigenvalue weighted by molar-refractivity contribution is 0.0394. The Kier molecular flexibility index (Phi) is 5.37. The average molecular weight is 263 g/mol. The molecule has 0 saturated carbocycles. The molecule has 0 amide bonds. The molecule has 0 spiro atoms. The van der Waals surface area contributed by atoms with Crippen molar-refractivity contribution in [1.82, 2.24) is 5.32 Å². The van der Waals surface area contributed by atoms with Crippen LogP contribution in [0.25, 0.3) is 0 Å². The van der Waals surface area contributed by atoms with E-state index in [9.17, 15) is 5.11 Å².